The fourth-order valence-corrected chi connectivity index (χ4v) is 2.78. The van der Waals surface area contributed by atoms with E-state index in [2.05, 4.69) is 20.4 Å². The van der Waals surface area contributed by atoms with E-state index in [1.165, 1.54) is 12.4 Å². The van der Waals surface area contributed by atoms with Crippen LogP contribution in [0.1, 0.15) is 19.5 Å². The normalized spacial score (nSPS) is 20.1. The lowest BCUT2D eigenvalue weighted by molar-refractivity contribution is -0.144. The fraction of sp³-hybridized carbons (Fsp3) is 0.438. The Morgan fingerprint density at radius 3 is 2.80 bits per heavy atom. The lowest BCUT2D eigenvalue weighted by Gasteiger charge is -2.35. The second-order valence-corrected chi connectivity index (χ2v) is 5.97. The Balaban J connectivity index is 1.64. The van der Waals surface area contributed by atoms with Crippen LogP contribution < -0.4 is 5.32 Å². The van der Waals surface area contributed by atoms with Crippen molar-refractivity contribution < 1.29 is 9.53 Å². The molecule has 1 fully saturated rings. The van der Waals surface area contributed by atoms with Gasteiger partial charge < -0.3 is 15.0 Å². The zero-order valence-electron chi connectivity index (χ0n) is 14.1. The van der Waals surface area contributed by atoms with Gasteiger partial charge in [-0.3, -0.25) is 9.48 Å². The third-order valence-electron chi connectivity index (χ3n) is 3.77. The van der Waals surface area contributed by atoms with Gasteiger partial charge in [0.25, 0.3) is 0 Å². The maximum Gasteiger partial charge on any atom is 0.244 e. The van der Waals surface area contributed by atoms with Crippen LogP contribution >= 0.6 is 0 Å². The predicted octanol–water partition coefficient (Wildman–Crippen LogP) is 0.924. The Morgan fingerprint density at radius 2 is 2.08 bits per heavy atom. The molecule has 2 aromatic heterocycles. The van der Waals surface area contributed by atoms with E-state index >= 15 is 0 Å². The number of carbonyl (C=O) groups excluding carboxylic acids is 1. The number of rotatable bonds is 4. The number of hydrogen-bond acceptors (Lipinski definition) is 7. The SMILES string of the molecule is CC1CN(C(=O)Cn2cc(Nc3nccnc3C#N)cn2)CC(C)O1. The number of amides is 1. The summed E-state index contributed by atoms with van der Waals surface area (Å²) in [6.45, 7) is 5.23. The molecule has 0 spiro atoms. The number of ether oxygens (including phenoxy) is 1. The summed E-state index contributed by atoms with van der Waals surface area (Å²) in [5.74, 6) is 0.348. The van der Waals surface area contributed by atoms with Crippen molar-refractivity contribution >= 4 is 17.4 Å². The third-order valence-corrected chi connectivity index (χ3v) is 3.77. The highest BCUT2D eigenvalue weighted by Crippen LogP contribution is 2.16. The molecule has 9 nitrogen and oxygen atoms in total. The highest BCUT2D eigenvalue weighted by molar-refractivity contribution is 5.76. The van der Waals surface area contributed by atoms with Crippen molar-refractivity contribution in [3.63, 3.8) is 0 Å². The van der Waals surface area contributed by atoms with Gasteiger partial charge in [-0.25, -0.2) is 9.97 Å². The smallest absolute Gasteiger partial charge is 0.244 e. The van der Waals surface area contributed by atoms with E-state index in [0.717, 1.165) is 0 Å². The quantitative estimate of drug-likeness (QED) is 0.881. The predicted molar refractivity (Wildman–Crippen MR) is 88.8 cm³/mol. The van der Waals surface area contributed by atoms with Crippen LogP contribution in [-0.2, 0) is 16.1 Å². The molecule has 3 rings (SSSR count). The third kappa shape index (κ3) is 4.10. The molecule has 2 aromatic rings. The van der Waals surface area contributed by atoms with Gasteiger partial charge in [0, 0.05) is 31.7 Å². The highest BCUT2D eigenvalue weighted by Gasteiger charge is 2.26. The number of aromatic nitrogens is 4. The number of anilines is 2. The first kappa shape index (κ1) is 16.9. The standard InChI is InChI=1S/C16H19N7O2/c1-11-7-22(8-12(2)25-11)15(24)10-23-9-13(6-20-23)21-16-14(5-17)18-3-4-19-16/h3-4,6,9,11-12H,7-8,10H2,1-2H3,(H,19,21). The van der Waals surface area contributed by atoms with Crippen molar-refractivity contribution in [2.24, 2.45) is 0 Å². The Hall–Kier alpha value is -2.99. The van der Waals surface area contributed by atoms with Crippen LogP contribution in [0, 0.1) is 11.3 Å². The molecule has 130 valence electrons. The number of hydrogen-bond donors (Lipinski definition) is 1. The highest BCUT2D eigenvalue weighted by atomic mass is 16.5. The molecule has 2 atom stereocenters. The van der Waals surface area contributed by atoms with Gasteiger partial charge in [-0.1, -0.05) is 0 Å². The van der Waals surface area contributed by atoms with Crippen LogP contribution in [0.4, 0.5) is 11.5 Å². The molecule has 0 radical (unpaired) electrons. The minimum absolute atomic E-state index is 0.00568. The number of nitriles is 1. The second-order valence-electron chi connectivity index (χ2n) is 5.97. The molecular formula is C16H19N7O2. The van der Waals surface area contributed by atoms with Gasteiger partial charge in [0.15, 0.2) is 11.5 Å². The molecule has 1 amide bonds. The number of carbonyl (C=O) groups is 1. The average Bonchev–Trinajstić information content (AvgIpc) is 3.01. The summed E-state index contributed by atoms with van der Waals surface area (Å²) in [5, 5.41) is 16.2. The summed E-state index contributed by atoms with van der Waals surface area (Å²) in [5.41, 5.74) is 0.830. The van der Waals surface area contributed by atoms with E-state index in [1.54, 1.807) is 22.0 Å². The lowest BCUT2D eigenvalue weighted by atomic mass is 10.2. The molecule has 0 bridgehead atoms. The molecule has 1 N–H and O–H groups in total. The summed E-state index contributed by atoms with van der Waals surface area (Å²) in [6, 6.07) is 1.97. The Kier molecular flexibility index (Phi) is 4.90. The maximum absolute atomic E-state index is 12.5. The summed E-state index contributed by atoms with van der Waals surface area (Å²) in [6.07, 6.45) is 6.29. The molecule has 1 saturated heterocycles. The summed E-state index contributed by atoms with van der Waals surface area (Å²) < 4.78 is 7.20. The van der Waals surface area contributed by atoms with Gasteiger partial charge in [-0.05, 0) is 13.8 Å². The van der Waals surface area contributed by atoms with Crippen molar-refractivity contribution in [1.29, 1.82) is 5.26 Å². The number of nitrogens with zero attached hydrogens (tertiary/aromatic N) is 6. The first-order valence-corrected chi connectivity index (χ1v) is 7.99. The van der Waals surface area contributed by atoms with Gasteiger partial charge in [0.2, 0.25) is 5.91 Å². The summed E-state index contributed by atoms with van der Waals surface area (Å²) in [4.78, 5) is 22.3. The zero-order valence-corrected chi connectivity index (χ0v) is 14.1. The van der Waals surface area contributed by atoms with Crippen LogP contribution in [0.25, 0.3) is 0 Å². The van der Waals surface area contributed by atoms with Gasteiger partial charge in [-0.2, -0.15) is 10.4 Å². The summed E-state index contributed by atoms with van der Waals surface area (Å²) in [7, 11) is 0. The van der Waals surface area contributed by atoms with Crippen LogP contribution in [0.15, 0.2) is 24.8 Å². The summed E-state index contributed by atoms with van der Waals surface area (Å²) >= 11 is 0. The Bertz CT molecular complexity index is 788. The van der Waals surface area contributed by atoms with E-state index in [9.17, 15) is 4.79 Å². The van der Waals surface area contributed by atoms with Crippen LogP contribution in [0.3, 0.4) is 0 Å². The minimum atomic E-state index is -0.00568. The topological polar surface area (TPSA) is 109 Å². The number of morpholine rings is 1. The molecule has 25 heavy (non-hydrogen) atoms. The van der Waals surface area contributed by atoms with Gasteiger partial charge >= 0.3 is 0 Å². The van der Waals surface area contributed by atoms with E-state index in [-0.39, 0.29) is 30.4 Å². The van der Waals surface area contributed by atoms with Crippen molar-refractivity contribution in [2.75, 3.05) is 18.4 Å². The van der Waals surface area contributed by atoms with Crippen LogP contribution in [0.2, 0.25) is 0 Å². The van der Waals surface area contributed by atoms with Crippen molar-refractivity contribution in [1.82, 2.24) is 24.6 Å². The maximum atomic E-state index is 12.5. The van der Waals surface area contributed by atoms with Gasteiger partial charge in [0.1, 0.15) is 12.6 Å². The Labute approximate surface area is 145 Å². The first-order valence-electron chi connectivity index (χ1n) is 7.99. The monoisotopic (exact) mass is 341 g/mol. The van der Waals surface area contributed by atoms with E-state index in [1.807, 2.05) is 19.9 Å². The molecule has 1 aliphatic rings. The Morgan fingerprint density at radius 1 is 1.36 bits per heavy atom. The molecule has 0 aliphatic carbocycles. The van der Waals surface area contributed by atoms with E-state index < -0.39 is 0 Å². The second kappa shape index (κ2) is 7.27. The fourth-order valence-electron chi connectivity index (χ4n) is 2.78. The lowest BCUT2D eigenvalue weighted by Crippen LogP contribution is -2.49. The molecule has 0 aromatic carbocycles. The van der Waals surface area contributed by atoms with Crippen molar-refractivity contribution in [3.05, 3.63) is 30.5 Å². The molecule has 0 saturated carbocycles. The van der Waals surface area contributed by atoms with Gasteiger partial charge in [-0.15, -0.1) is 0 Å². The van der Waals surface area contributed by atoms with Crippen LogP contribution in [0.5, 0.6) is 0 Å². The number of nitrogens with one attached hydrogen (secondary N) is 1. The van der Waals surface area contributed by atoms with E-state index in [4.69, 9.17) is 10.00 Å². The van der Waals surface area contributed by atoms with Crippen LogP contribution in [-0.4, -0.2) is 55.9 Å². The first-order chi connectivity index (χ1) is 12.0. The largest absolute Gasteiger partial charge is 0.372 e. The average molecular weight is 341 g/mol. The molecule has 9 heteroatoms. The minimum Gasteiger partial charge on any atom is -0.372 e. The molecular weight excluding hydrogens is 322 g/mol. The molecule has 3 heterocycles. The van der Waals surface area contributed by atoms with E-state index in [0.29, 0.717) is 24.6 Å². The van der Waals surface area contributed by atoms with Crippen molar-refractivity contribution in [3.8, 4) is 6.07 Å². The molecule has 1 aliphatic heterocycles. The van der Waals surface area contributed by atoms with Crippen molar-refractivity contribution in [2.45, 2.75) is 32.6 Å². The molecule has 2 unspecified atom stereocenters. The van der Waals surface area contributed by atoms with Gasteiger partial charge in [0.05, 0.1) is 24.1 Å². The zero-order chi connectivity index (χ0) is 17.8.